The minimum absolute atomic E-state index is 0.0438. The molecule has 24 heavy (non-hydrogen) atoms. The molecule has 1 unspecified atom stereocenters. The van der Waals surface area contributed by atoms with Gasteiger partial charge in [0.1, 0.15) is 23.4 Å². The van der Waals surface area contributed by atoms with Gasteiger partial charge in [0.25, 0.3) is 0 Å². The smallest absolute Gasteiger partial charge is 0.350 e. The van der Waals surface area contributed by atoms with E-state index < -0.39 is 5.69 Å². The summed E-state index contributed by atoms with van der Waals surface area (Å²) in [7, 11) is 4.89. The van der Waals surface area contributed by atoms with Gasteiger partial charge in [-0.25, -0.2) is 4.79 Å². The van der Waals surface area contributed by atoms with E-state index in [0.29, 0.717) is 19.8 Å². The first-order chi connectivity index (χ1) is 11.5. The SMILES string of the molecule is COCCO[C@H]1C(OC)[C@@H](COC)S[C@H]1n1cc(C)c(N)nc1=O. The molecule has 8 nitrogen and oxygen atoms in total. The lowest BCUT2D eigenvalue weighted by molar-refractivity contribution is -0.0727. The number of methoxy groups -OCH3 is 3. The topological polar surface area (TPSA) is 97.8 Å². The number of aryl methyl sites for hydroxylation is 1. The zero-order valence-electron chi connectivity index (χ0n) is 14.4. The number of anilines is 1. The first kappa shape index (κ1) is 19.2. The van der Waals surface area contributed by atoms with E-state index in [1.807, 2.05) is 6.92 Å². The average molecular weight is 359 g/mol. The molecule has 0 spiro atoms. The second kappa shape index (κ2) is 8.82. The predicted octanol–water partition coefficient (Wildman–Crippen LogP) is 0.441. The maximum absolute atomic E-state index is 12.3. The van der Waals surface area contributed by atoms with Gasteiger partial charge >= 0.3 is 5.69 Å². The van der Waals surface area contributed by atoms with E-state index in [0.717, 1.165) is 5.56 Å². The molecule has 0 aliphatic carbocycles. The second-order valence-electron chi connectivity index (χ2n) is 5.55. The van der Waals surface area contributed by atoms with Gasteiger partial charge in [-0.15, -0.1) is 11.8 Å². The van der Waals surface area contributed by atoms with E-state index in [1.54, 1.807) is 43.9 Å². The van der Waals surface area contributed by atoms with Crippen molar-refractivity contribution in [1.82, 2.24) is 9.55 Å². The van der Waals surface area contributed by atoms with Crippen molar-refractivity contribution < 1.29 is 18.9 Å². The Kier molecular flexibility index (Phi) is 7.05. The Labute approximate surface area is 145 Å². The molecule has 2 heterocycles. The Morgan fingerprint density at radius 3 is 2.62 bits per heavy atom. The van der Waals surface area contributed by atoms with Crippen molar-refractivity contribution in [3.8, 4) is 0 Å². The van der Waals surface area contributed by atoms with Crippen LogP contribution in [0.5, 0.6) is 0 Å². The minimum Gasteiger partial charge on any atom is -0.383 e. The van der Waals surface area contributed by atoms with Crippen LogP contribution in [-0.2, 0) is 18.9 Å². The summed E-state index contributed by atoms with van der Waals surface area (Å²) < 4.78 is 23.5. The maximum Gasteiger partial charge on any atom is 0.350 e. The Hall–Kier alpha value is -1.13. The third-order valence-electron chi connectivity index (χ3n) is 3.93. The summed E-state index contributed by atoms with van der Waals surface area (Å²) in [5.74, 6) is 0.243. The van der Waals surface area contributed by atoms with Crippen molar-refractivity contribution in [3.63, 3.8) is 0 Å². The Balaban J connectivity index is 2.33. The number of hydrogen-bond acceptors (Lipinski definition) is 8. The molecule has 1 aliphatic heterocycles. The highest BCUT2D eigenvalue weighted by molar-refractivity contribution is 8.00. The normalized spacial score (nSPS) is 26.8. The Bertz CT molecular complexity index is 597. The number of ether oxygens (including phenoxy) is 4. The summed E-state index contributed by atoms with van der Waals surface area (Å²) >= 11 is 1.58. The molecule has 1 aliphatic rings. The highest BCUT2D eigenvalue weighted by Gasteiger charge is 2.46. The first-order valence-corrected chi connectivity index (χ1v) is 8.60. The van der Waals surface area contributed by atoms with E-state index in [1.165, 1.54) is 0 Å². The Morgan fingerprint density at radius 2 is 2.00 bits per heavy atom. The van der Waals surface area contributed by atoms with Crippen LogP contribution in [0.25, 0.3) is 0 Å². The Morgan fingerprint density at radius 1 is 1.25 bits per heavy atom. The molecule has 1 aromatic rings. The van der Waals surface area contributed by atoms with Gasteiger partial charge in [-0.3, -0.25) is 4.57 Å². The van der Waals surface area contributed by atoms with E-state index in [9.17, 15) is 4.79 Å². The molecular weight excluding hydrogens is 334 g/mol. The molecular formula is C15H25N3O5S. The largest absolute Gasteiger partial charge is 0.383 e. The van der Waals surface area contributed by atoms with Crippen LogP contribution in [0.15, 0.2) is 11.0 Å². The van der Waals surface area contributed by atoms with Crippen molar-refractivity contribution in [3.05, 3.63) is 22.2 Å². The highest BCUT2D eigenvalue weighted by atomic mass is 32.2. The van der Waals surface area contributed by atoms with Crippen molar-refractivity contribution in [2.45, 2.75) is 29.8 Å². The summed E-state index contributed by atoms with van der Waals surface area (Å²) in [6.07, 6.45) is 1.19. The van der Waals surface area contributed by atoms with E-state index in [-0.39, 0.29) is 28.6 Å². The van der Waals surface area contributed by atoms with E-state index >= 15 is 0 Å². The molecule has 1 saturated heterocycles. The third kappa shape index (κ3) is 4.09. The molecule has 4 atom stereocenters. The molecule has 1 aromatic heterocycles. The quantitative estimate of drug-likeness (QED) is 0.668. The minimum atomic E-state index is -0.399. The van der Waals surface area contributed by atoms with Gasteiger partial charge in [0, 0.05) is 33.1 Å². The summed E-state index contributed by atoms with van der Waals surface area (Å²) in [5.41, 5.74) is 6.07. The van der Waals surface area contributed by atoms with E-state index in [4.69, 9.17) is 24.7 Å². The lowest BCUT2D eigenvalue weighted by Gasteiger charge is -2.25. The first-order valence-electron chi connectivity index (χ1n) is 7.66. The number of thioether (sulfide) groups is 1. The lowest BCUT2D eigenvalue weighted by atomic mass is 10.1. The number of hydrogen-bond donors (Lipinski definition) is 1. The standard InChI is InChI=1S/C15H25N3O5S/c1-9-7-18(15(19)17-13(9)16)14-12(23-6-5-20-2)11(22-4)10(24-14)8-21-3/h7,10-12,14H,5-6,8H2,1-4H3,(H2,16,17,19)/t10-,11?,12+,14-/m1/s1. The number of aromatic nitrogens is 2. The summed E-state index contributed by atoms with van der Waals surface area (Å²) in [5, 5.41) is -0.228. The monoisotopic (exact) mass is 359 g/mol. The fraction of sp³-hybridized carbons (Fsp3) is 0.733. The molecule has 0 aromatic carbocycles. The van der Waals surface area contributed by atoms with Crippen LogP contribution in [-0.4, -0.2) is 68.2 Å². The van der Waals surface area contributed by atoms with Crippen molar-refractivity contribution >= 4 is 17.6 Å². The molecule has 0 radical (unpaired) electrons. The van der Waals surface area contributed by atoms with Crippen LogP contribution in [0, 0.1) is 6.92 Å². The van der Waals surface area contributed by atoms with Crippen LogP contribution in [0.2, 0.25) is 0 Å². The molecule has 1 fully saturated rings. The number of rotatable bonds is 8. The van der Waals surface area contributed by atoms with Crippen LogP contribution in [0.1, 0.15) is 10.9 Å². The van der Waals surface area contributed by atoms with Gasteiger partial charge < -0.3 is 24.7 Å². The van der Waals surface area contributed by atoms with Crippen LogP contribution >= 0.6 is 11.8 Å². The molecule has 0 bridgehead atoms. The van der Waals surface area contributed by atoms with Crippen LogP contribution in [0.4, 0.5) is 5.82 Å². The number of nitrogens with two attached hydrogens (primary N) is 1. The fourth-order valence-corrected chi connectivity index (χ4v) is 4.39. The van der Waals surface area contributed by atoms with Gasteiger partial charge in [-0.1, -0.05) is 0 Å². The van der Waals surface area contributed by atoms with Gasteiger partial charge in [0.05, 0.1) is 25.1 Å². The van der Waals surface area contributed by atoms with Gasteiger partial charge in [-0.05, 0) is 6.92 Å². The highest BCUT2D eigenvalue weighted by Crippen LogP contribution is 2.44. The number of nitrogen functional groups attached to an aromatic ring is 1. The maximum atomic E-state index is 12.3. The van der Waals surface area contributed by atoms with Crippen LogP contribution in [0.3, 0.4) is 0 Å². The van der Waals surface area contributed by atoms with Gasteiger partial charge in [0.15, 0.2) is 0 Å². The third-order valence-corrected chi connectivity index (χ3v) is 5.46. The van der Waals surface area contributed by atoms with Gasteiger partial charge in [0.2, 0.25) is 0 Å². The summed E-state index contributed by atoms with van der Waals surface area (Å²) in [6.45, 7) is 3.19. The molecule has 9 heteroatoms. The van der Waals surface area contributed by atoms with Crippen molar-refractivity contribution in [2.75, 3.05) is 46.9 Å². The lowest BCUT2D eigenvalue weighted by Crippen LogP contribution is -2.40. The van der Waals surface area contributed by atoms with Crippen molar-refractivity contribution in [1.29, 1.82) is 0 Å². The van der Waals surface area contributed by atoms with Crippen molar-refractivity contribution in [2.24, 2.45) is 0 Å². The van der Waals surface area contributed by atoms with Crippen LogP contribution < -0.4 is 11.4 Å². The zero-order valence-corrected chi connectivity index (χ0v) is 15.2. The number of nitrogens with zero attached hydrogens (tertiary/aromatic N) is 2. The zero-order chi connectivity index (χ0) is 17.7. The molecule has 136 valence electrons. The molecule has 0 saturated carbocycles. The van der Waals surface area contributed by atoms with E-state index in [2.05, 4.69) is 4.98 Å². The summed E-state index contributed by atoms with van der Waals surface area (Å²) in [6, 6.07) is 0. The molecule has 2 N–H and O–H groups in total. The predicted molar refractivity (Wildman–Crippen MR) is 92.4 cm³/mol. The molecule has 2 rings (SSSR count). The average Bonchev–Trinajstić information content (AvgIpc) is 2.89. The fourth-order valence-electron chi connectivity index (χ4n) is 2.72. The summed E-state index contributed by atoms with van der Waals surface area (Å²) in [4.78, 5) is 16.2. The second-order valence-corrected chi connectivity index (χ2v) is 6.91. The molecule has 0 amide bonds. The van der Waals surface area contributed by atoms with Gasteiger partial charge in [-0.2, -0.15) is 4.98 Å².